The zero-order valence-electron chi connectivity index (χ0n) is 8.78. The van der Waals surface area contributed by atoms with Gasteiger partial charge in [-0.05, 0) is 18.2 Å². The van der Waals surface area contributed by atoms with E-state index in [2.05, 4.69) is 21.0 Å². The lowest BCUT2D eigenvalue weighted by Gasteiger charge is -2.03. The van der Waals surface area contributed by atoms with Crippen molar-refractivity contribution in [3.8, 4) is 5.69 Å². The number of carboxylic acid groups (broad SMARTS) is 1. The highest BCUT2D eigenvalue weighted by Crippen LogP contribution is 2.26. The van der Waals surface area contributed by atoms with Crippen molar-refractivity contribution in [3.05, 3.63) is 50.7 Å². The Hall–Kier alpha value is -2.22. The Morgan fingerprint density at radius 1 is 1.44 bits per heavy atom. The van der Waals surface area contributed by atoms with Gasteiger partial charge in [0.05, 0.1) is 4.92 Å². The minimum atomic E-state index is -1.19. The number of halogens is 1. The van der Waals surface area contributed by atoms with Gasteiger partial charge < -0.3 is 5.11 Å². The Labute approximate surface area is 109 Å². The molecule has 0 aliphatic carbocycles. The van der Waals surface area contributed by atoms with Crippen LogP contribution in [-0.2, 0) is 0 Å². The molecular formula is C10H6BrN3O4. The van der Waals surface area contributed by atoms with Crippen molar-refractivity contribution in [1.29, 1.82) is 0 Å². The topological polar surface area (TPSA) is 98.3 Å². The van der Waals surface area contributed by atoms with Crippen LogP contribution in [-0.4, -0.2) is 25.8 Å². The molecule has 1 N–H and O–H groups in total. The van der Waals surface area contributed by atoms with Crippen LogP contribution in [0.15, 0.2) is 34.9 Å². The van der Waals surface area contributed by atoms with Gasteiger partial charge in [-0.25, -0.2) is 9.48 Å². The normalized spacial score (nSPS) is 10.3. The first-order valence-corrected chi connectivity index (χ1v) is 5.51. The molecule has 0 radical (unpaired) electrons. The Morgan fingerprint density at radius 2 is 2.17 bits per heavy atom. The molecule has 0 saturated carbocycles. The highest BCUT2D eigenvalue weighted by molar-refractivity contribution is 9.10. The molecule has 0 aliphatic rings. The molecule has 0 fully saturated rings. The van der Waals surface area contributed by atoms with Crippen molar-refractivity contribution in [3.63, 3.8) is 0 Å². The van der Waals surface area contributed by atoms with Gasteiger partial charge in [-0.2, -0.15) is 5.10 Å². The Kier molecular flexibility index (Phi) is 3.11. The fraction of sp³-hybridized carbons (Fsp3) is 0. The first kappa shape index (κ1) is 12.2. The van der Waals surface area contributed by atoms with Gasteiger partial charge >= 0.3 is 5.97 Å². The SMILES string of the molecule is O=C(O)c1ccn(-c2ccc(Br)cc2[N+](=O)[O-])n1. The van der Waals surface area contributed by atoms with Crippen molar-refractivity contribution in [1.82, 2.24) is 9.78 Å². The summed E-state index contributed by atoms with van der Waals surface area (Å²) >= 11 is 3.14. The molecule has 2 rings (SSSR count). The van der Waals surface area contributed by atoms with Crippen molar-refractivity contribution < 1.29 is 14.8 Å². The summed E-state index contributed by atoms with van der Waals surface area (Å²) in [5, 5.41) is 23.4. The molecule has 92 valence electrons. The molecule has 1 aromatic heterocycles. The monoisotopic (exact) mass is 311 g/mol. The van der Waals surface area contributed by atoms with Gasteiger partial charge in [-0.1, -0.05) is 15.9 Å². The van der Waals surface area contributed by atoms with E-state index in [1.54, 1.807) is 6.07 Å². The van der Waals surface area contributed by atoms with E-state index in [1.807, 2.05) is 0 Å². The van der Waals surface area contributed by atoms with Gasteiger partial charge in [-0.3, -0.25) is 10.1 Å². The quantitative estimate of drug-likeness (QED) is 0.692. The third-order valence-electron chi connectivity index (χ3n) is 2.19. The predicted octanol–water partition coefficient (Wildman–Crippen LogP) is 2.24. The standard InChI is InChI=1S/C10H6BrN3O4/c11-6-1-2-8(9(5-6)14(17)18)13-4-3-7(12-13)10(15)16/h1-5H,(H,15,16). The number of aromatic nitrogens is 2. The first-order chi connectivity index (χ1) is 8.49. The van der Waals surface area contributed by atoms with Crippen LogP contribution in [0.5, 0.6) is 0 Å². The number of benzene rings is 1. The molecule has 0 bridgehead atoms. The molecule has 1 heterocycles. The lowest BCUT2D eigenvalue weighted by Crippen LogP contribution is -2.03. The molecule has 7 nitrogen and oxygen atoms in total. The van der Waals surface area contributed by atoms with E-state index in [9.17, 15) is 14.9 Å². The summed E-state index contributed by atoms with van der Waals surface area (Å²) in [5.41, 5.74) is -0.132. The number of nitro groups is 1. The second kappa shape index (κ2) is 4.57. The Morgan fingerprint density at radius 3 is 2.72 bits per heavy atom. The van der Waals surface area contributed by atoms with E-state index < -0.39 is 10.9 Å². The summed E-state index contributed by atoms with van der Waals surface area (Å²) < 4.78 is 1.72. The van der Waals surface area contributed by atoms with Crippen LogP contribution in [0.3, 0.4) is 0 Å². The van der Waals surface area contributed by atoms with Crippen LogP contribution in [0.4, 0.5) is 5.69 Å². The van der Waals surface area contributed by atoms with Crippen LogP contribution in [0.25, 0.3) is 5.69 Å². The lowest BCUT2D eigenvalue weighted by atomic mass is 10.3. The maximum atomic E-state index is 10.9. The molecule has 1 aromatic carbocycles. The van der Waals surface area contributed by atoms with Crippen LogP contribution >= 0.6 is 15.9 Å². The fourth-order valence-electron chi connectivity index (χ4n) is 1.41. The number of carboxylic acids is 1. The van der Waals surface area contributed by atoms with Gasteiger partial charge in [0.1, 0.15) is 5.69 Å². The molecule has 18 heavy (non-hydrogen) atoms. The van der Waals surface area contributed by atoms with E-state index in [1.165, 1.54) is 24.4 Å². The molecule has 0 amide bonds. The summed E-state index contributed by atoms with van der Waals surface area (Å²) in [4.78, 5) is 21.1. The summed E-state index contributed by atoms with van der Waals surface area (Å²) in [6.45, 7) is 0. The number of nitro benzene ring substituents is 1. The van der Waals surface area contributed by atoms with Crippen LogP contribution in [0.2, 0.25) is 0 Å². The van der Waals surface area contributed by atoms with Gasteiger partial charge in [0.15, 0.2) is 5.69 Å². The smallest absolute Gasteiger partial charge is 0.356 e. The average Bonchev–Trinajstić information content (AvgIpc) is 2.78. The van der Waals surface area contributed by atoms with E-state index in [0.29, 0.717) is 4.47 Å². The van der Waals surface area contributed by atoms with Crippen molar-refractivity contribution in [2.24, 2.45) is 0 Å². The molecule has 0 spiro atoms. The fourth-order valence-corrected chi connectivity index (χ4v) is 1.76. The number of carbonyl (C=O) groups is 1. The third-order valence-corrected chi connectivity index (χ3v) is 2.68. The highest BCUT2D eigenvalue weighted by Gasteiger charge is 2.17. The summed E-state index contributed by atoms with van der Waals surface area (Å²) in [5.74, 6) is -1.19. The molecule has 0 atom stereocenters. The van der Waals surface area contributed by atoms with Gasteiger partial charge in [0.2, 0.25) is 0 Å². The molecule has 0 saturated heterocycles. The van der Waals surface area contributed by atoms with Gasteiger partial charge in [0, 0.05) is 16.7 Å². The van der Waals surface area contributed by atoms with Crippen molar-refractivity contribution in [2.45, 2.75) is 0 Å². The van der Waals surface area contributed by atoms with Crippen LogP contribution in [0, 0.1) is 10.1 Å². The minimum absolute atomic E-state index is 0.163. The van der Waals surface area contributed by atoms with Gasteiger partial charge in [0.25, 0.3) is 5.69 Å². The molecule has 2 aromatic rings. The van der Waals surface area contributed by atoms with Crippen LogP contribution in [0.1, 0.15) is 10.5 Å². The van der Waals surface area contributed by atoms with E-state index in [4.69, 9.17) is 5.11 Å². The number of hydrogen-bond donors (Lipinski definition) is 1. The van der Waals surface area contributed by atoms with Gasteiger partial charge in [-0.15, -0.1) is 0 Å². The zero-order valence-corrected chi connectivity index (χ0v) is 10.4. The number of hydrogen-bond acceptors (Lipinski definition) is 4. The number of aromatic carboxylic acids is 1. The van der Waals surface area contributed by atoms with E-state index in [0.717, 1.165) is 4.68 Å². The Bertz CT molecular complexity index is 638. The average molecular weight is 312 g/mol. The number of nitrogens with zero attached hydrogens (tertiary/aromatic N) is 3. The summed E-state index contributed by atoms with van der Waals surface area (Å²) in [6, 6.07) is 5.71. The first-order valence-electron chi connectivity index (χ1n) is 4.72. The van der Waals surface area contributed by atoms with E-state index >= 15 is 0 Å². The predicted molar refractivity (Wildman–Crippen MR) is 64.9 cm³/mol. The maximum absolute atomic E-state index is 10.9. The van der Waals surface area contributed by atoms with Crippen molar-refractivity contribution >= 4 is 27.6 Å². The number of rotatable bonds is 3. The molecule has 0 unspecified atom stereocenters. The summed E-state index contributed by atoms with van der Waals surface area (Å²) in [6.07, 6.45) is 1.36. The molecule has 8 heteroatoms. The van der Waals surface area contributed by atoms with Crippen molar-refractivity contribution in [2.75, 3.05) is 0 Å². The third kappa shape index (κ3) is 2.23. The minimum Gasteiger partial charge on any atom is -0.476 e. The largest absolute Gasteiger partial charge is 0.476 e. The molecule has 0 aliphatic heterocycles. The second-order valence-electron chi connectivity index (χ2n) is 3.34. The second-order valence-corrected chi connectivity index (χ2v) is 4.26. The van der Waals surface area contributed by atoms with Crippen LogP contribution < -0.4 is 0 Å². The lowest BCUT2D eigenvalue weighted by molar-refractivity contribution is -0.384. The zero-order chi connectivity index (χ0) is 13.3. The Balaban J connectivity index is 2.55. The maximum Gasteiger partial charge on any atom is 0.356 e. The van der Waals surface area contributed by atoms with E-state index in [-0.39, 0.29) is 17.1 Å². The molecular weight excluding hydrogens is 306 g/mol. The highest BCUT2D eigenvalue weighted by atomic mass is 79.9. The summed E-state index contributed by atoms with van der Waals surface area (Å²) in [7, 11) is 0.